The number of aromatic nitrogens is 4. The summed E-state index contributed by atoms with van der Waals surface area (Å²) in [7, 11) is 1.63. The molecular formula is C23H28FN5O3. The van der Waals surface area contributed by atoms with Crippen LogP contribution >= 0.6 is 0 Å². The molecular weight excluding hydrogens is 413 g/mol. The van der Waals surface area contributed by atoms with E-state index >= 15 is 0 Å². The number of fused-ring (bicyclic) bond motifs is 1. The van der Waals surface area contributed by atoms with Crippen LogP contribution in [0.3, 0.4) is 0 Å². The maximum Gasteiger partial charge on any atom is 0.410 e. The fraction of sp³-hybridized carbons (Fsp3) is 0.478. The van der Waals surface area contributed by atoms with Crippen LogP contribution in [0.4, 0.5) is 9.18 Å². The second-order valence-electron chi connectivity index (χ2n) is 9.02. The molecule has 2 unspecified atom stereocenters. The SMILES string of the molecule is COc1ccc(Cn2cc3cnc(C4CCN(C(=O)OC(C)(C)C)CC4F)nc3n2)cc1. The number of rotatable bonds is 4. The molecule has 9 heteroatoms. The van der Waals surface area contributed by atoms with Gasteiger partial charge in [-0.05, 0) is 44.9 Å². The minimum atomic E-state index is -1.27. The van der Waals surface area contributed by atoms with Crippen LogP contribution in [0, 0.1) is 0 Å². The number of carbonyl (C=O) groups excluding carboxylic acids is 1. The van der Waals surface area contributed by atoms with Crippen molar-refractivity contribution < 1.29 is 18.7 Å². The number of likely N-dealkylation sites (tertiary alicyclic amines) is 1. The first-order chi connectivity index (χ1) is 15.2. The predicted octanol–water partition coefficient (Wildman–Crippen LogP) is 3.95. The number of methoxy groups -OCH3 is 1. The van der Waals surface area contributed by atoms with Gasteiger partial charge in [0.2, 0.25) is 0 Å². The van der Waals surface area contributed by atoms with E-state index in [1.165, 1.54) is 4.90 Å². The van der Waals surface area contributed by atoms with E-state index in [-0.39, 0.29) is 6.54 Å². The van der Waals surface area contributed by atoms with Gasteiger partial charge < -0.3 is 14.4 Å². The molecule has 0 saturated carbocycles. The normalized spacial score (nSPS) is 19.2. The summed E-state index contributed by atoms with van der Waals surface area (Å²) in [4.78, 5) is 22.6. The van der Waals surface area contributed by atoms with Crippen LogP contribution in [0.25, 0.3) is 11.0 Å². The average molecular weight is 442 g/mol. The molecule has 32 heavy (non-hydrogen) atoms. The number of piperidine rings is 1. The van der Waals surface area contributed by atoms with E-state index in [1.807, 2.05) is 30.5 Å². The largest absolute Gasteiger partial charge is 0.497 e. The Hall–Kier alpha value is -3.23. The molecule has 3 heterocycles. The summed E-state index contributed by atoms with van der Waals surface area (Å²) in [6, 6.07) is 7.77. The van der Waals surface area contributed by atoms with Crippen LogP contribution in [-0.4, -0.2) is 62.7 Å². The van der Waals surface area contributed by atoms with E-state index < -0.39 is 23.8 Å². The number of carbonyl (C=O) groups is 1. The van der Waals surface area contributed by atoms with Gasteiger partial charge in [-0.15, -0.1) is 0 Å². The Morgan fingerprint density at radius 3 is 2.66 bits per heavy atom. The molecule has 0 N–H and O–H groups in total. The third-order valence-electron chi connectivity index (χ3n) is 5.35. The number of ether oxygens (including phenoxy) is 2. The predicted molar refractivity (Wildman–Crippen MR) is 117 cm³/mol. The Balaban J connectivity index is 1.45. The quantitative estimate of drug-likeness (QED) is 0.610. The van der Waals surface area contributed by atoms with Crippen LogP contribution in [0.15, 0.2) is 36.7 Å². The zero-order valence-corrected chi connectivity index (χ0v) is 18.8. The molecule has 2 atom stereocenters. The summed E-state index contributed by atoms with van der Waals surface area (Å²) in [6.07, 6.45) is 2.23. The Morgan fingerprint density at radius 2 is 2.00 bits per heavy atom. The van der Waals surface area contributed by atoms with E-state index in [0.29, 0.717) is 31.0 Å². The molecule has 1 amide bonds. The third-order valence-corrected chi connectivity index (χ3v) is 5.35. The van der Waals surface area contributed by atoms with E-state index in [4.69, 9.17) is 9.47 Å². The maximum absolute atomic E-state index is 15.0. The molecule has 2 aromatic heterocycles. The van der Waals surface area contributed by atoms with Crippen LogP contribution in [0.1, 0.15) is 44.5 Å². The third kappa shape index (κ3) is 4.98. The highest BCUT2D eigenvalue weighted by molar-refractivity contribution is 5.72. The molecule has 1 aromatic carbocycles. The molecule has 4 rings (SSSR count). The number of hydrogen-bond donors (Lipinski definition) is 0. The Morgan fingerprint density at radius 1 is 1.25 bits per heavy atom. The van der Waals surface area contributed by atoms with Crippen molar-refractivity contribution in [3.05, 3.63) is 48.0 Å². The van der Waals surface area contributed by atoms with Crippen molar-refractivity contribution in [2.45, 2.75) is 51.4 Å². The van der Waals surface area contributed by atoms with E-state index in [1.54, 1.807) is 38.8 Å². The molecule has 1 aliphatic heterocycles. The van der Waals surface area contributed by atoms with Crippen LogP contribution in [-0.2, 0) is 11.3 Å². The van der Waals surface area contributed by atoms with E-state index in [0.717, 1.165) is 16.7 Å². The van der Waals surface area contributed by atoms with Gasteiger partial charge in [0.1, 0.15) is 23.3 Å². The fourth-order valence-corrected chi connectivity index (χ4v) is 3.74. The summed E-state index contributed by atoms with van der Waals surface area (Å²) in [5, 5.41) is 5.34. The molecule has 0 bridgehead atoms. The maximum atomic E-state index is 15.0. The molecule has 3 aromatic rings. The Bertz CT molecular complexity index is 1090. The van der Waals surface area contributed by atoms with Crippen molar-refractivity contribution in [3.63, 3.8) is 0 Å². The van der Waals surface area contributed by atoms with Crippen molar-refractivity contribution in [3.8, 4) is 5.75 Å². The van der Waals surface area contributed by atoms with Gasteiger partial charge in [0.15, 0.2) is 5.65 Å². The lowest BCUT2D eigenvalue weighted by Gasteiger charge is -2.34. The number of benzene rings is 1. The van der Waals surface area contributed by atoms with E-state index in [9.17, 15) is 9.18 Å². The first-order valence-corrected chi connectivity index (χ1v) is 10.7. The summed E-state index contributed by atoms with van der Waals surface area (Å²) in [6.45, 7) is 6.32. The minimum Gasteiger partial charge on any atom is -0.497 e. The molecule has 8 nitrogen and oxygen atoms in total. The zero-order valence-electron chi connectivity index (χ0n) is 18.8. The monoisotopic (exact) mass is 441 g/mol. The topological polar surface area (TPSA) is 82.4 Å². The van der Waals surface area contributed by atoms with Crippen molar-refractivity contribution in [1.29, 1.82) is 0 Å². The summed E-state index contributed by atoms with van der Waals surface area (Å²) >= 11 is 0. The van der Waals surface area contributed by atoms with Gasteiger partial charge in [-0.2, -0.15) is 5.10 Å². The minimum absolute atomic E-state index is 0.0348. The van der Waals surface area contributed by atoms with Crippen molar-refractivity contribution in [2.24, 2.45) is 0 Å². The summed E-state index contributed by atoms with van der Waals surface area (Å²) < 4.78 is 27.3. The lowest BCUT2D eigenvalue weighted by atomic mass is 9.94. The number of nitrogens with zero attached hydrogens (tertiary/aromatic N) is 5. The summed E-state index contributed by atoms with van der Waals surface area (Å²) in [5.74, 6) is 0.738. The van der Waals surface area contributed by atoms with Crippen molar-refractivity contribution in [1.82, 2.24) is 24.6 Å². The zero-order chi connectivity index (χ0) is 22.9. The molecule has 0 aliphatic carbocycles. The highest BCUT2D eigenvalue weighted by atomic mass is 19.1. The van der Waals surface area contributed by atoms with Gasteiger partial charge in [0, 0.05) is 18.9 Å². The molecule has 0 spiro atoms. The average Bonchev–Trinajstić information content (AvgIpc) is 3.14. The number of amides is 1. The molecule has 0 radical (unpaired) electrons. The van der Waals surface area contributed by atoms with Gasteiger partial charge in [-0.1, -0.05) is 12.1 Å². The lowest BCUT2D eigenvalue weighted by molar-refractivity contribution is 0.0107. The van der Waals surface area contributed by atoms with Gasteiger partial charge in [-0.3, -0.25) is 4.68 Å². The van der Waals surface area contributed by atoms with E-state index in [2.05, 4.69) is 15.1 Å². The molecule has 1 aliphatic rings. The fourth-order valence-electron chi connectivity index (χ4n) is 3.74. The highest BCUT2D eigenvalue weighted by Crippen LogP contribution is 2.30. The lowest BCUT2D eigenvalue weighted by Crippen LogP contribution is -2.46. The van der Waals surface area contributed by atoms with Gasteiger partial charge in [-0.25, -0.2) is 19.2 Å². The number of halogens is 1. The molecule has 170 valence electrons. The highest BCUT2D eigenvalue weighted by Gasteiger charge is 2.36. The van der Waals surface area contributed by atoms with Gasteiger partial charge in [0.25, 0.3) is 0 Å². The second kappa shape index (κ2) is 8.72. The standard InChI is InChI=1S/C23H28FN5O3/c1-23(2,3)32-22(30)28-10-9-18(19(24)14-28)21-25-11-16-13-29(27-20(16)26-21)12-15-5-7-17(31-4)8-6-15/h5-8,11,13,18-19H,9-10,12,14H2,1-4H3. The Kier molecular flexibility index (Phi) is 5.99. The second-order valence-corrected chi connectivity index (χ2v) is 9.02. The van der Waals surface area contributed by atoms with Crippen molar-refractivity contribution >= 4 is 17.1 Å². The summed E-state index contributed by atoms with van der Waals surface area (Å²) in [5.41, 5.74) is 0.994. The number of hydrogen-bond acceptors (Lipinski definition) is 6. The Labute approximate surface area is 186 Å². The van der Waals surface area contributed by atoms with Crippen molar-refractivity contribution in [2.75, 3.05) is 20.2 Å². The van der Waals surface area contributed by atoms with Crippen LogP contribution in [0.5, 0.6) is 5.75 Å². The van der Waals surface area contributed by atoms with Gasteiger partial charge >= 0.3 is 6.09 Å². The first-order valence-electron chi connectivity index (χ1n) is 10.7. The number of alkyl halides is 1. The van der Waals surface area contributed by atoms with Crippen LogP contribution < -0.4 is 4.74 Å². The molecule has 1 saturated heterocycles. The first kappa shape index (κ1) is 22.0. The van der Waals surface area contributed by atoms with Gasteiger partial charge in [0.05, 0.1) is 31.5 Å². The molecule has 1 fully saturated rings. The smallest absolute Gasteiger partial charge is 0.410 e. The van der Waals surface area contributed by atoms with Crippen LogP contribution in [0.2, 0.25) is 0 Å².